The number of amides is 1. The summed E-state index contributed by atoms with van der Waals surface area (Å²) in [7, 11) is 0. The number of carbonyl (C=O) groups is 1. The van der Waals surface area contributed by atoms with Crippen molar-refractivity contribution >= 4 is 35.3 Å². The zero-order chi connectivity index (χ0) is 25.1. The summed E-state index contributed by atoms with van der Waals surface area (Å²) in [6.07, 6.45) is 9.75. The third kappa shape index (κ3) is 4.98. The number of nitrogens with zero attached hydrogens (tertiary/aromatic N) is 3. The normalized spacial score (nSPS) is 23.5. The molecule has 0 aromatic heterocycles. The minimum Gasteiger partial charge on any atom is -0.290 e. The van der Waals surface area contributed by atoms with Gasteiger partial charge < -0.3 is 0 Å². The first-order valence-electron chi connectivity index (χ1n) is 13.3. The Labute approximate surface area is 223 Å². The molecule has 1 amide bonds. The molecule has 36 heavy (non-hydrogen) atoms. The van der Waals surface area contributed by atoms with Crippen molar-refractivity contribution in [3.63, 3.8) is 0 Å². The number of likely N-dealkylation sites (tertiary alicyclic amines) is 2. The predicted molar refractivity (Wildman–Crippen MR) is 147 cm³/mol. The highest BCUT2D eigenvalue weighted by Crippen LogP contribution is 2.52. The number of hydrogen-bond acceptors (Lipinski definition) is 4. The number of halogens is 2. The lowest BCUT2D eigenvalue weighted by Gasteiger charge is -2.58. The Bertz CT molecular complexity index is 1100. The minimum atomic E-state index is -0.505. The van der Waals surface area contributed by atoms with E-state index >= 15 is 0 Å². The van der Waals surface area contributed by atoms with E-state index in [4.69, 9.17) is 11.6 Å². The Balaban J connectivity index is 1.64. The van der Waals surface area contributed by atoms with Gasteiger partial charge in [-0.25, -0.2) is 4.39 Å². The van der Waals surface area contributed by atoms with Crippen LogP contribution in [0.3, 0.4) is 0 Å². The first-order chi connectivity index (χ1) is 17.5. The molecule has 0 radical (unpaired) electrons. The zero-order valence-corrected chi connectivity index (χ0v) is 22.5. The molecule has 0 N–H and O–H groups in total. The van der Waals surface area contributed by atoms with Gasteiger partial charge in [0.2, 0.25) is 0 Å². The zero-order valence-electron chi connectivity index (χ0n) is 21.0. The fourth-order valence-corrected chi connectivity index (χ4v) is 7.64. The topological polar surface area (TPSA) is 26.8 Å². The first-order valence-corrected chi connectivity index (χ1v) is 14.5. The van der Waals surface area contributed by atoms with Crippen LogP contribution in [0.4, 0.5) is 4.39 Å². The van der Waals surface area contributed by atoms with Crippen molar-refractivity contribution < 1.29 is 9.18 Å². The molecule has 0 spiro atoms. The Morgan fingerprint density at radius 1 is 0.972 bits per heavy atom. The summed E-state index contributed by atoms with van der Waals surface area (Å²) >= 11 is 8.01. The monoisotopic (exact) mass is 527 g/mol. The van der Waals surface area contributed by atoms with Crippen LogP contribution >= 0.6 is 23.4 Å². The van der Waals surface area contributed by atoms with Gasteiger partial charge in [-0.2, -0.15) is 0 Å². The third-order valence-corrected chi connectivity index (χ3v) is 9.26. The van der Waals surface area contributed by atoms with E-state index in [-0.39, 0.29) is 17.1 Å². The Morgan fingerprint density at radius 3 is 2.19 bits per heavy atom. The molecule has 3 aliphatic rings. The van der Waals surface area contributed by atoms with E-state index in [0.717, 1.165) is 63.8 Å². The average Bonchev–Trinajstić information content (AvgIpc) is 3.22. The van der Waals surface area contributed by atoms with E-state index in [1.165, 1.54) is 25.0 Å². The van der Waals surface area contributed by atoms with Crippen molar-refractivity contribution in [3.8, 4) is 0 Å². The van der Waals surface area contributed by atoms with Crippen LogP contribution in [0.1, 0.15) is 68.4 Å². The van der Waals surface area contributed by atoms with E-state index in [0.29, 0.717) is 15.5 Å². The second-order valence-corrected chi connectivity index (χ2v) is 11.5. The molecule has 0 bridgehead atoms. The third-order valence-electron chi connectivity index (χ3n) is 7.77. The summed E-state index contributed by atoms with van der Waals surface area (Å²) in [5, 5.41) is 0.459. The van der Waals surface area contributed by atoms with Crippen LogP contribution in [0.15, 0.2) is 53.4 Å². The van der Waals surface area contributed by atoms with Crippen LogP contribution in [0.2, 0.25) is 5.02 Å². The highest BCUT2D eigenvalue weighted by Gasteiger charge is 2.55. The number of carbonyl (C=O) groups excluding carboxylic acids is 1. The van der Waals surface area contributed by atoms with E-state index in [1.807, 2.05) is 30.3 Å². The lowest BCUT2D eigenvalue weighted by Crippen LogP contribution is -2.71. The molecule has 2 aromatic rings. The van der Waals surface area contributed by atoms with Crippen LogP contribution in [0, 0.1) is 5.82 Å². The summed E-state index contributed by atoms with van der Waals surface area (Å²) in [6.45, 7) is 6.19. The standard InChI is InChI=1S/C29H35ClFN3OS/c1-2-29(32-15-5-3-6-16-32,33-17-7-4-8-18-33)34-27(35)26(20-22-11-9-14-25(31)19-22)36-28(34)23-12-10-13-24(30)21-23/h9-14,19-21,28H,2-8,15-18H2,1H3. The number of benzene rings is 2. The van der Waals surface area contributed by atoms with Gasteiger partial charge in [0.1, 0.15) is 11.2 Å². The van der Waals surface area contributed by atoms with Gasteiger partial charge in [-0.15, -0.1) is 0 Å². The number of hydrogen-bond donors (Lipinski definition) is 0. The summed E-state index contributed by atoms with van der Waals surface area (Å²) in [5.41, 5.74) is 1.73. The molecule has 3 aliphatic heterocycles. The molecule has 192 valence electrons. The molecular formula is C29H35ClFN3OS. The lowest BCUT2D eigenvalue weighted by molar-refractivity contribution is -0.192. The SMILES string of the molecule is CCC(N1CCCCC1)(N1CCCCC1)N1C(=O)C(=Cc2cccc(F)c2)SC1c1cccc(Cl)c1. The van der Waals surface area contributed by atoms with Crippen LogP contribution < -0.4 is 0 Å². The molecule has 3 heterocycles. The van der Waals surface area contributed by atoms with Crippen LogP contribution in [-0.2, 0) is 4.79 Å². The van der Waals surface area contributed by atoms with E-state index < -0.39 is 5.79 Å². The number of thioether (sulfide) groups is 1. The molecule has 1 unspecified atom stereocenters. The van der Waals surface area contributed by atoms with Crippen molar-refractivity contribution in [2.24, 2.45) is 0 Å². The summed E-state index contributed by atoms with van der Waals surface area (Å²) in [6, 6.07) is 14.4. The fraction of sp³-hybridized carbons (Fsp3) is 0.483. The second kappa shape index (κ2) is 11.3. The molecule has 3 saturated heterocycles. The predicted octanol–water partition coefficient (Wildman–Crippen LogP) is 7.13. The van der Waals surface area contributed by atoms with Crippen LogP contribution in [0.25, 0.3) is 6.08 Å². The van der Waals surface area contributed by atoms with Gasteiger partial charge in [-0.1, -0.05) is 67.4 Å². The van der Waals surface area contributed by atoms with E-state index in [1.54, 1.807) is 17.8 Å². The molecule has 0 aliphatic carbocycles. The largest absolute Gasteiger partial charge is 0.290 e. The van der Waals surface area contributed by atoms with Gasteiger partial charge >= 0.3 is 0 Å². The van der Waals surface area contributed by atoms with Crippen molar-refractivity contribution in [3.05, 3.63) is 75.4 Å². The summed E-state index contributed by atoms with van der Waals surface area (Å²) < 4.78 is 14.0. The Hall–Kier alpha value is -1.86. The minimum absolute atomic E-state index is 0.0206. The smallest absolute Gasteiger partial charge is 0.264 e. The second-order valence-electron chi connectivity index (χ2n) is 9.99. The highest BCUT2D eigenvalue weighted by atomic mass is 35.5. The molecule has 5 rings (SSSR count). The Kier molecular flexibility index (Phi) is 8.06. The molecule has 2 aromatic carbocycles. The lowest BCUT2D eigenvalue weighted by atomic mass is 9.99. The van der Waals surface area contributed by atoms with Crippen LogP contribution in [-0.4, -0.2) is 52.6 Å². The molecular weight excluding hydrogens is 493 g/mol. The number of piperidine rings is 2. The molecule has 4 nitrogen and oxygen atoms in total. The molecule has 1 atom stereocenters. The summed E-state index contributed by atoms with van der Waals surface area (Å²) in [4.78, 5) is 22.4. The average molecular weight is 528 g/mol. The van der Waals surface area contributed by atoms with Gasteiger partial charge in [0.25, 0.3) is 5.91 Å². The maximum atomic E-state index is 14.4. The van der Waals surface area contributed by atoms with Gasteiger partial charge in [-0.3, -0.25) is 19.5 Å². The fourth-order valence-electron chi connectivity index (χ4n) is 6.15. The van der Waals surface area contributed by atoms with Crippen molar-refractivity contribution in [1.29, 1.82) is 0 Å². The number of rotatable bonds is 6. The van der Waals surface area contributed by atoms with Crippen molar-refractivity contribution in [2.75, 3.05) is 26.2 Å². The van der Waals surface area contributed by atoms with Gasteiger partial charge in [0.05, 0.1) is 4.91 Å². The summed E-state index contributed by atoms with van der Waals surface area (Å²) in [5.74, 6) is -0.782. The van der Waals surface area contributed by atoms with Crippen molar-refractivity contribution in [1.82, 2.24) is 14.7 Å². The van der Waals surface area contributed by atoms with Crippen LogP contribution in [0.5, 0.6) is 0 Å². The van der Waals surface area contributed by atoms with E-state index in [9.17, 15) is 9.18 Å². The van der Waals surface area contributed by atoms with Gasteiger partial charge in [0, 0.05) is 31.2 Å². The maximum Gasteiger partial charge on any atom is 0.264 e. The van der Waals surface area contributed by atoms with Crippen molar-refractivity contribution in [2.45, 2.75) is 63.0 Å². The molecule has 7 heteroatoms. The van der Waals surface area contributed by atoms with Gasteiger partial charge in [0.15, 0.2) is 5.79 Å². The molecule has 0 saturated carbocycles. The molecule has 3 fully saturated rings. The quantitative estimate of drug-likeness (QED) is 0.373. The maximum absolute atomic E-state index is 14.4. The Morgan fingerprint density at radius 2 is 1.61 bits per heavy atom. The highest BCUT2D eigenvalue weighted by molar-refractivity contribution is 8.04. The van der Waals surface area contributed by atoms with Gasteiger partial charge in [-0.05, 0) is 73.6 Å². The van der Waals surface area contributed by atoms with E-state index in [2.05, 4.69) is 27.7 Å². The first kappa shape index (κ1) is 25.8.